The second-order valence-corrected chi connectivity index (χ2v) is 4.82. The van der Waals surface area contributed by atoms with Crippen LogP contribution >= 0.6 is 23.2 Å². The zero-order chi connectivity index (χ0) is 15.4. The fraction of sp³-hybridized carbons (Fsp3) is 0.0769. The van der Waals surface area contributed by atoms with Crippen molar-refractivity contribution in [1.29, 1.82) is 0 Å². The zero-order valence-corrected chi connectivity index (χ0v) is 12.0. The van der Waals surface area contributed by atoms with E-state index >= 15 is 0 Å². The molecule has 1 aromatic carbocycles. The van der Waals surface area contributed by atoms with Crippen LogP contribution in [0.15, 0.2) is 34.9 Å². The van der Waals surface area contributed by atoms with Crippen molar-refractivity contribution < 1.29 is 19.1 Å². The van der Waals surface area contributed by atoms with Crippen LogP contribution < -0.4 is 10.6 Å². The number of furan rings is 1. The molecular weight excluding hydrogens is 319 g/mol. The van der Waals surface area contributed by atoms with E-state index in [1.54, 1.807) is 12.1 Å². The first-order valence-electron chi connectivity index (χ1n) is 5.77. The van der Waals surface area contributed by atoms with Gasteiger partial charge in [-0.15, -0.1) is 0 Å². The predicted molar refractivity (Wildman–Crippen MR) is 78.0 cm³/mol. The van der Waals surface area contributed by atoms with Crippen molar-refractivity contribution in [2.75, 3.05) is 5.32 Å². The SMILES string of the molecule is O=C(NCc1ccco1)Nc1c(Cl)cc(C(=O)O)cc1Cl. The van der Waals surface area contributed by atoms with Crippen LogP contribution in [-0.4, -0.2) is 17.1 Å². The van der Waals surface area contributed by atoms with Gasteiger partial charge in [0.1, 0.15) is 5.76 Å². The number of anilines is 1. The number of nitrogens with one attached hydrogen (secondary N) is 2. The predicted octanol–water partition coefficient (Wildman–Crippen LogP) is 3.61. The second-order valence-electron chi connectivity index (χ2n) is 4.01. The lowest BCUT2D eigenvalue weighted by atomic mass is 10.2. The molecule has 110 valence electrons. The lowest BCUT2D eigenvalue weighted by Crippen LogP contribution is -2.28. The summed E-state index contributed by atoms with van der Waals surface area (Å²) in [7, 11) is 0. The van der Waals surface area contributed by atoms with Crippen LogP contribution in [0.25, 0.3) is 0 Å². The van der Waals surface area contributed by atoms with Gasteiger partial charge in [0.2, 0.25) is 0 Å². The monoisotopic (exact) mass is 328 g/mol. The summed E-state index contributed by atoms with van der Waals surface area (Å²) in [5.74, 6) is -0.573. The van der Waals surface area contributed by atoms with E-state index in [0.717, 1.165) is 0 Å². The first-order chi connectivity index (χ1) is 9.97. The third-order valence-corrected chi connectivity index (χ3v) is 3.13. The summed E-state index contributed by atoms with van der Waals surface area (Å²) >= 11 is 11.8. The number of urea groups is 1. The van der Waals surface area contributed by atoms with Gasteiger partial charge in [-0.1, -0.05) is 23.2 Å². The van der Waals surface area contributed by atoms with Crippen molar-refractivity contribution in [1.82, 2.24) is 5.32 Å². The van der Waals surface area contributed by atoms with Gasteiger partial charge < -0.3 is 20.2 Å². The smallest absolute Gasteiger partial charge is 0.335 e. The molecule has 2 rings (SSSR count). The van der Waals surface area contributed by atoms with Crippen LogP contribution in [0.2, 0.25) is 10.0 Å². The Morgan fingerprint density at radius 3 is 2.43 bits per heavy atom. The van der Waals surface area contributed by atoms with E-state index in [1.165, 1.54) is 18.4 Å². The molecular formula is C13H10Cl2N2O4. The van der Waals surface area contributed by atoms with Gasteiger partial charge >= 0.3 is 12.0 Å². The lowest BCUT2D eigenvalue weighted by molar-refractivity contribution is 0.0697. The van der Waals surface area contributed by atoms with Crippen molar-refractivity contribution in [3.05, 3.63) is 51.9 Å². The number of amides is 2. The Kier molecular flexibility index (Phi) is 4.72. The Morgan fingerprint density at radius 2 is 1.90 bits per heavy atom. The molecule has 3 N–H and O–H groups in total. The van der Waals surface area contributed by atoms with Crippen LogP contribution in [-0.2, 0) is 6.54 Å². The Labute approximate surface area is 129 Å². The largest absolute Gasteiger partial charge is 0.478 e. The highest BCUT2D eigenvalue weighted by atomic mass is 35.5. The maximum absolute atomic E-state index is 11.7. The molecule has 0 spiro atoms. The summed E-state index contributed by atoms with van der Waals surface area (Å²) in [4.78, 5) is 22.6. The average molecular weight is 329 g/mol. The zero-order valence-electron chi connectivity index (χ0n) is 10.5. The molecule has 0 unspecified atom stereocenters. The van der Waals surface area contributed by atoms with Gasteiger partial charge in [-0.05, 0) is 24.3 Å². The normalized spacial score (nSPS) is 10.2. The molecule has 1 heterocycles. The van der Waals surface area contributed by atoms with E-state index in [1.807, 2.05) is 0 Å². The second kappa shape index (κ2) is 6.51. The summed E-state index contributed by atoms with van der Waals surface area (Å²) in [5.41, 5.74) is 0.0758. The summed E-state index contributed by atoms with van der Waals surface area (Å²) in [6, 6.07) is 5.28. The third-order valence-electron chi connectivity index (χ3n) is 2.53. The van der Waals surface area contributed by atoms with Crippen molar-refractivity contribution in [2.45, 2.75) is 6.54 Å². The first kappa shape index (κ1) is 15.2. The molecule has 21 heavy (non-hydrogen) atoms. The third kappa shape index (κ3) is 3.90. The number of aromatic carboxylic acids is 1. The molecule has 0 aliphatic rings. The standard InChI is InChI=1S/C13H10Cl2N2O4/c14-9-4-7(12(18)19)5-10(15)11(9)17-13(20)16-6-8-2-1-3-21-8/h1-5H,6H2,(H,18,19)(H2,16,17,20). The molecule has 8 heteroatoms. The maximum Gasteiger partial charge on any atom is 0.335 e. The van der Waals surface area contributed by atoms with Gasteiger partial charge in [0.25, 0.3) is 0 Å². The number of carbonyl (C=O) groups excluding carboxylic acids is 1. The van der Waals surface area contributed by atoms with Crippen LogP contribution in [0.5, 0.6) is 0 Å². The Morgan fingerprint density at radius 1 is 1.24 bits per heavy atom. The fourth-order valence-corrected chi connectivity index (χ4v) is 2.14. The molecule has 0 fully saturated rings. The minimum absolute atomic E-state index is 0.0352. The molecule has 0 bridgehead atoms. The Bertz CT molecular complexity index is 648. The molecule has 2 amide bonds. The van der Waals surface area contributed by atoms with Crippen LogP contribution in [0.4, 0.5) is 10.5 Å². The van der Waals surface area contributed by atoms with E-state index in [9.17, 15) is 9.59 Å². The van der Waals surface area contributed by atoms with Crippen LogP contribution in [0.1, 0.15) is 16.1 Å². The lowest BCUT2D eigenvalue weighted by Gasteiger charge is -2.11. The highest BCUT2D eigenvalue weighted by molar-refractivity contribution is 6.40. The molecule has 0 aliphatic heterocycles. The Balaban J connectivity index is 2.05. The molecule has 0 saturated heterocycles. The number of rotatable bonds is 4. The number of hydrogen-bond donors (Lipinski definition) is 3. The summed E-state index contributed by atoms with van der Waals surface area (Å²) in [5, 5.41) is 13.9. The van der Waals surface area contributed by atoms with Gasteiger partial charge in [-0.3, -0.25) is 0 Å². The van der Waals surface area contributed by atoms with Crippen molar-refractivity contribution >= 4 is 40.9 Å². The van der Waals surface area contributed by atoms with E-state index < -0.39 is 12.0 Å². The number of halogens is 2. The summed E-state index contributed by atoms with van der Waals surface area (Å²) < 4.78 is 5.06. The molecule has 2 aromatic rings. The number of carbonyl (C=O) groups is 2. The number of benzene rings is 1. The molecule has 6 nitrogen and oxygen atoms in total. The van der Waals surface area contributed by atoms with Crippen LogP contribution in [0.3, 0.4) is 0 Å². The molecule has 1 aromatic heterocycles. The summed E-state index contributed by atoms with van der Waals surface area (Å²) in [6.07, 6.45) is 1.49. The number of carboxylic acids is 1. The van der Waals surface area contributed by atoms with Crippen LogP contribution in [0, 0.1) is 0 Å². The highest BCUT2D eigenvalue weighted by Gasteiger charge is 2.14. The van der Waals surface area contributed by atoms with Gasteiger partial charge in [-0.25, -0.2) is 9.59 Å². The maximum atomic E-state index is 11.7. The average Bonchev–Trinajstić information content (AvgIpc) is 2.93. The minimum Gasteiger partial charge on any atom is -0.478 e. The van der Waals surface area contributed by atoms with Gasteiger partial charge in [0.05, 0.1) is 34.1 Å². The van der Waals surface area contributed by atoms with Gasteiger partial charge in [0.15, 0.2) is 0 Å². The quantitative estimate of drug-likeness (QED) is 0.799. The van der Waals surface area contributed by atoms with Gasteiger partial charge in [-0.2, -0.15) is 0 Å². The minimum atomic E-state index is -1.16. The number of carboxylic acid groups (broad SMARTS) is 1. The van der Waals surface area contributed by atoms with E-state index in [-0.39, 0.29) is 27.8 Å². The van der Waals surface area contributed by atoms with E-state index in [0.29, 0.717) is 5.76 Å². The molecule has 0 atom stereocenters. The molecule has 0 saturated carbocycles. The van der Waals surface area contributed by atoms with Crippen molar-refractivity contribution in [3.8, 4) is 0 Å². The van der Waals surface area contributed by atoms with E-state index in [4.69, 9.17) is 32.7 Å². The van der Waals surface area contributed by atoms with Crippen molar-refractivity contribution in [2.24, 2.45) is 0 Å². The highest BCUT2D eigenvalue weighted by Crippen LogP contribution is 2.31. The Hall–Kier alpha value is -2.18. The number of hydrogen-bond acceptors (Lipinski definition) is 3. The van der Waals surface area contributed by atoms with Crippen molar-refractivity contribution in [3.63, 3.8) is 0 Å². The van der Waals surface area contributed by atoms with E-state index in [2.05, 4.69) is 10.6 Å². The molecule has 0 radical (unpaired) electrons. The summed E-state index contributed by atoms with van der Waals surface area (Å²) in [6.45, 7) is 0.196. The fourth-order valence-electron chi connectivity index (χ4n) is 1.55. The first-order valence-corrected chi connectivity index (χ1v) is 6.52. The van der Waals surface area contributed by atoms with Gasteiger partial charge in [0, 0.05) is 0 Å². The topological polar surface area (TPSA) is 91.6 Å². The molecule has 0 aliphatic carbocycles.